The number of imide groups is 1. The number of nitrogen functional groups attached to an aromatic ring is 1. The standard InChI is InChI=1S/C13H12N2O6/c14-6-1-2-7-8(5-6)12(19)15(11(7)18)9(13(20)21)3-4-10(16)17/h1-2,5,9H,3-4,14H2,(H,16,17)(H,20,21)/t9-/m0/s1. The summed E-state index contributed by atoms with van der Waals surface area (Å²) < 4.78 is 0. The van der Waals surface area contributed by atoms with E-state index in [2.05, 4.69) is 0 Å². The van der Waals surface area contributed by atoms with Crippen molar-refractivity contribution in [3.63, 3.8) is 0 Å². The highest BCUT2D eigenvalue weighted by Crippen LogP contribution is 2.27. The number of carbonyl (C=O) groups excluding carboxylic acids is 2. The molecule has 0 aromatic heterocycles. The van der Waals surface area contributed by atoms with Gasteiger partial charge < -0.3 is 15.9 Å². The molecule has 0 bridgehead atoms. The van der Waals surface area contributed by atoms with Crippen LogP contribution in [0.2, 0.25) is 0 Å². The molecule has 0 radical (unpaired) electrons. The minimum Gasteiger partial charge on any atom is -0.481 e. The number of fused-ring (bicyclic) bond motifs is 1. The molecule has 0 saturated heterocycles. The molecule has 1 heterocycles. The van der Waals surface area contributed by atoms with E-state index in [0.29, 0.717) is 4.90 Å². The summed E-state index contributed by atoms with van der Waals surface area (Å²) in [4.78, 5) is 46.7. The predicted octanol–water partition coefficient (Wildman–Crippen LogP) is 0.183. The molecule has 2 amide bonds. The highest BCUT2D eigenvalue weighted by atomic mass is 16.4. The second-order valence-electron chi connectivity index (χ2n) is 4.57. The Hall–Kier alpha value is -2.90. The monoisotopic (exact) mass is 292 g/mol. The number of carboxylic acids is 2. The van der Waals surface area contributed by atoms with Gasteiger partial charge in [-0.05, 0) is 24.6 Å². The van der Waals surface area contributed by atoms with E-state index in [0.717, 1.165) is 0 Å². The van der Waals surface area contributed by atoms with Crippen molar-refractivity contribution < 1.29 is 29.4 Å². The number of nitrogens with zero attached hydrogens (tertiary/aromatic N) is 1. The van der Waals surface area contributed by atoms with Gasteiger partial charge >= 0.3 is 11.9 Å². The van der Waals surface area contributed by atoms with Crippen LogP contribution in [0.1, 0.15) is 33.6 Å². The first kappa shape index (κ1) is 14.5. The summed E-state index contributed by atoms with van der Waals surface area (Å²) in [6.07, 6.45) is -0.821. The summed E-state index contributed by atoms with van der Waals surface area (Å²) in [6, 6.07) is 2.56. The zero-order valence-corrected chi connectivity index (χ0v) is 10.8. The third-order valence-electron chi connectivity index (χ3n) is 3.17. The van der Waals surface area contributed by atoms with Crippen molar-refractivity contribution in [2.45, 2.75) is 18.9 Å². The van der Waals surface area contributed by atoms with Crippen LogP contribution in [0, 0.1) is 0 Å². The van der Waals surface area contributed by atoms with E-state index < -0.39 is 36.2 Å². The molecule has 0 saturated carbocycles. The van der Waals surface area contributed by atoms with E-state index in [9.17, 15) is 19.2 Å². The molecule has 110 valence electrons. The van der Waals surface area contributed by atoms with Crippen LogP contribution in [0.25, 0.3) is 0 Å². The molecule has 0 spiro atoms. The molecule has 1 aromatic rings. The first-order valence-electron chi connectivity index (χ1n) is 6.05. The lowest BCUT2D eigenvalue weighted by atomic mass is 10.1. The fourth-order valence-corrected chi connectivity index (χ4v) is 2.18. The van der Waals surface area contributed by atoms with Gasteiger partial charge in [-0.2, -0.15) is 0 Å². The van der Waals surface area contributed by atoms with Crippen molar-refractivity contribution in [1.29, 1.82) is 0 Å². The van der Waals surface area contributed by atoms with Crippen molar-refractivity contribution in [3.05, 3.63) is 29.3 Å². The molecule has 1 aromatic carbocycles. The molecule has 0 unspecified atom stereocenters. The van der Waals surface area contributed by atoms with E-state index in [1.165, 1.54) is 18.2 Å². The number of aliphatic carboxylic acids is 2. The average Bonchev–Trinajstić information content (AvgIpc) is 2.63. The van der Waals surface area contributed by atoms with Gasteiger partial charge in [0, 0.05) is 12.1 Å². The highest BCUT2D eigenvalue weighted by molar-refractivity contribution is 6.23. The van der Waals surface area contributed by atoms with Gasteiger partial charge in [0.15, 0.2) is 0 Å². The summed E-state index contributed by atoms with van der Waals surface area (Å²) in [5.41, 5.74) is 5.91. The van der Waals surface area contributed by atoms with Crippen molar-refractivity contribution in [2.24, 2.45) is 0 Å². The van der Waals surface area contributed by atoms with Crippen LogP contribution in [-0.2, 0) is 9.59 Å². The Kier molecular flexibility index (Phi) is 3.62. The number of nitrogens with two attached hydrogens (primary N) is 1. The minimum absolute atomic E-state index is 0.0292. The lowest BCUT2D eigenvalue weighted by Gasteiger charge is -2.21. The van der Waals surface area contributed by atoms with Crippen molar-refractivity contribution in [3.8, 4) is 0 Å². The van der Waals surface area contributed by atoms with Gasteiger partial charge in [0.05, 0.1) is 11.1 Å². The van der Waals surface area contributed by atoms with Crippen molar-refractivity contribution in [1.82, 2.24) is 4.90 Å². The Bertz CT molecular complexity index is 654. The van der Waals surface area contributed by atoms with Gasteiger partial charge in [-0.15, -0.1) is 0 Å². The van der Waals surface area contributed by atoms with E-state index >= 15 is 0 Å². The maximum absolute atomic E-state index is 12.2. The van der Waals surface area contributed by atoms with E-state index in [4.69, 9.17) is 15.9 Å². The second-order valence-corrected chi connectivity index (χ2v) is 4.57. The van der Waals surface area contributed by atoms with Crippen molar-refractivity contribution >= 4 is 29.4 Å². The zero-order chi connectivity index (χ0) is 15.7. The number of hydrogen-bond donors (Lipinski definition) is 3. The Morgan fingerprint density at radius 2 is 1.76 bits per heavy atom. The van der Waals surface area contributed by atoms with Crippen LogP contribution in [-0.4, -0.2) is 44.9 Å². The molecule has 8 heteroatoms. The number of anilines is 1. The van der Waals surface area contributed by atoms with Crippen LogP contribution >= 0.6 is 0 Å². The molecule has 21 heavy (non-hydrogen) atoms. The van der Waals surface area contributed by atoms with Crippen molar-refractivity contribution in [2.75, 3.05) is 5.73 Å². The fraction of sp³-hybridized carbons (Fsp3) is 0.231. The molecule has 8 nitrogen and oxygen atoms in total. The largest absolute Gasteiger partial charge is 0.481 e. The Morgan fingerprint density at radius 1 is 1.14 bits per heavy atom. The predicted molar refractivity (Wildman–Crippen MR) is 69.6 cm³/mol. The normalized spacial score (nSPS) is 15.0. The lowest BCUT2D eigenvalue weighted by Crippen LogP contribution is -2.45. The highest BCUT2D eigenvalue weighted by Gasteiger charge is 2.42. The molecular weight excluding hydrogens is 280 g/mol. The third kappa shape index (κ3) is 2.55. The quantitative estimate of drug-likeness (QED) is 0.519. The molecule has 1 aliphatic rings. The summed E-state index contributed by atoms with van der Waals surface area (Å²) in [5, 5.41) is 17.8. The van der Waals surface area contributed by atoms with Gasteiger partial charge in [-0.25, -0.2) is 4.79 Å². The molecule has 2 rings (SSSR count). The van der Waals surface area contributed by atoms with Gasteiger partial charge in [0.25, 0.3) is 11.8 Å². The minimum atomic E-state index is -1.52. The van der Waals surface area contributed by atoms with E-state index in [-0.39, 0.29) is 23.2 Å². The number of carbonyl (C=O) groups is 4. The molecule has 4 N–H and O–H groups in total. The summed E-state index contributed by atoms with van der Waals surface area (Å²) in [5.74, 6) is -4.17. The average molecular weight is 292 g/mol. The van der Waals surface area contributed by atoms with Crippen LogP contribution in [0.5, 0.6) is 0 Å². The van der Waals surface area contributed by atoms with Crippen LogP contribution in [0.15, 0.2) is 18.2 Å². The van der Waals surface area contributed by atoms with Gasteiger partial charge in [-0.3, -0.25) is 19.3 Å². The van der Waals surface area contributed by atoms with Gasteiger partial charge in [0.2, 0.25) is 0 Å². The van der Waals surface area contributed by atoms with E-state index in [1.54, 1.807) is 0 Å². The maximum Gasteiger partial charge on any atom is 0.326 e. The molecule has 0 aliphatic carbocycles. The Labute approximate surface area is 118 Å². The number of benzene rings is 1. The Balaban J connectivity index is 2.36. The topological polar surface area (TPSA) is 138 Å². The summed E-state index contributed by atoms with van der Waals surface area (Å²) in [6.45, 7) is 0. The Morgan fingerprint density at radius 3 is 2.33 bits per heavy atom. The summed E-state index contributed by atoms with van der Waals surface area (Å²) >= 11 is 0. The van der Waals surface area contributed by atoms with Crippen LogP contribution < -0.4 is 5.73 Å². The number of rotatable bonds is 5. The lowest BCUT2D eigenvalue weighted by molar-refractivity contribution is -0.142. The number of carboxylic acid groups (broad SMARTS) is 2. The van der Waals surface area contributed by atoms with Crippen LogP contribution in [0.3, 0.4) is 0 Å². The van der Waals surface area contributed by atoms with E-state index in [1.807, 2.05) is 0 Å². The molecule has 1 aliphatic heterocycles. The number of amides is 2. The van der Waals surface area contributed by atoms with Crippen LogP contribution in [0.4, 0.5) is 5.69 Å². The van der Waals surface area contributed by atoms with Gasteiger partial charge in [-0.1, -0.05) is 0 Å². The molecule has 0 fully saturated rings. The summed E-state index contributed by atoms with van der Waals surface area (Å²) in [7, 11) is 0. The second kappa shape index (κ2) is 5.23. The third-order valence-corrected chi connectivity index (χ3v) is 3.17. The fourth-order valence-electron chi connectivity index (χ4n) is 2.18. The smallest absolute Gasteiger partial charge is 0.326 e. The maximum atomic E-state index is 12.2. The SMILES string of the molecule is Nc1ccc2c(c1)C(=O)N([C@@H](CCC(=O)O)C(=O)O)C2=O. The zero-order valence-electron chi connectivity index (χ0n) is 10.8. The number of hydrogen-bond acceptors (Lipinski definition) is 5. The first-order chi connectivity index (χ1) is 9.82. The molecular formula is C13H12N2O6. The molecule has 1 atom stereocenters. The van der Waals surface area contributed by atoms with Gasteiger partial charge in [0.1, 0.15) is 6.04 Å². The first-order valence-corrected chi connectivity index (χ1v) is 6.05.